The van der Waals surface area contributed by atoms with Crippen LogP contribution in [0.4, 0.5) is 0 Å². The highest BCUT2D eigenvalue weighted by Crippen LogP contribution is 2.29. The zero-order chi connectivity index (χ0) is 13.4. The van der Waals surface area contributed by atoms with Gasteiger partial charge in [-0.2, -0.15) is 0 Å². The van der Waals surface area contributed by atoms with E-state index < -0.39 is 0 Å². The van der Waals surface area contributed by atoms with E-state index in [1.54, 1.807) is 0 Å². The third kappa shape index (κ3) is 4.52. The van der Waals surface area contributed by atoms with Crippen LogP contribution in [0.3, 0.4) is 0 Å². The van der Waals surface area contributed by atoms with Gasteiger partial charge >= 0.3 is 0 Å². The standard InChI is InChI=1S/C15H32N2O/c1-4-14(5-2)10-17(6-3)12-15(11-16)8-7-9-18-13-15/h14H,4-13,16H2,1-3H3. The van der Waals surface area contributed by atoms with Crippen LogP contribution in [0.1, 0.15) is 46.5 Å². The van der Waals surface area contributed by atoms with E-state index in [-0.39, 0.29) is 5.41 Å². The minimum Gasteiger partial charge on any atom is -0.381 e. The minimum absolute atomic E-state index is 0.209. The topological polar surface area (TPSA) is 38.5 Å². The van der Waals surface area contributed by atoms with Gasteiger partial charge in [0.1, 0.15) is 0 Å². The van der Waals surface area contributed by atoms with Gasteiger partial charge in [0, 0.05) is 31.7 Å². The van der Waals surface area contributed by atoms with Crippen LogP contribution in [-0.2, 0) is 4.74 Å². The van der Waals surface area contributed by atoms with Crippen LogP contribution in [0, 0.1) is 11.3 Å². The summed E-state index contributed by atoms with van der Waals surface area (Å²) in [6, 6.07) is 0. The molecule has 1 aliphatic rings. The summed E-state index contributed by atoms with van der Waals surface area (Å²) in [5, 5.41) is 0. The molecule has 18 heavy (non-hydrogen) atoms. The van der Waals surface area contributed by atoms with Crippen LogP contribution in [0.15, 0.2) is 0 Å². The van der Waals surface area contributed by atoms with E-state index in [2.05, 4.69) is 25.7 Å². The van der Waals surface area contributed by atoms with Gasteiger partial charge in [-0.05, 0) is 25.3 Å². The van der Waals surface area contributed by atoms with Gasteiger partial charge < -0.3 is 15.4 Å². The SMILES string of the molecule is CCC(CC)CN(CC)CC1(CN)CCCOC1. The van der Waals surface area contributed by atoms with Crippen molar-refractivity contribution in [3.63, 3.8) is 0 Å². The van der Waals surface area contributed by atoms with Crippen molar-refractivity contribution in [2.24, 2.45) is 17.1 Å². The lowest BCUT2D eigenvalue weighted by atomic mass is 9.81. The van der Waals surface area contributed by atoms with Crippen LogP contribution in [-0.4, -0.2) is 44.3 Å². The fourth-order valence-electron chi connectivity index (χ4n) is 2.95. The molecule has 1 atom stereocenters. The van der Waals surface area contributed by atoms with E-state index in [0.717, 1.165) is 38.8 Å². The fourth-order valence-corrected chi connectivity index (χ4v) is 2.95. The van der Waals surface area contributed by atoms with Crippen molar-refractivity contribution in [1.82, 2.24) is 4.90 Å². The van der Waals surface area contributed by atoms with Gasteiger partial charge in [0.25, 0.3) is 0 Å². The first kappa shape index (κ1) is 15.9. The Kier molecular flexibility index (Phi) is 7.20. The molecule has 1 heterocycles. The molecule has 1 unspecified atom stereocenters. The van der Waals surface area contributed by atoms with E-state index >= 15 is 0 Å². The van der Waals surface area contributed by atoms with Crippen molar-refractivity contribution < 1.29 is 4.74 Å². The van der Waals surface area contributed by atoms with Gasteiger partial charge in [0.05, 0.1) is 6.61 Å². The molecule has 0 amide bonds. The molecule has 0 aliphatic carbocycles. The summed E-state index contributed by atoms with van der Waals surface area (Å²) in [4.78, 5) is 2.58. The summed E-state index contributed by atoms with van der Waals surface area (Å²) >= 11 is 0. The Morgan fingerprint density at radius 2 is 2.00 bits per heavy atom. The molecule has 108 valence electrons. The summed E-state index contributed by atoms with van der Waals surface area (Å²) in [7, 11) is 0. The van der Waals surface area contributed by atoms with Crippen LogP contribution >= 0.6 is 0 Å². The predicted octanol–water partition coefficient (Wildman–Crippen LogP) is 2.50. The van der Waals surface area contributed by atoms with Gasteiger partial charge in [-0.15, -0.1) is 0 Å². The quantitative estimate of drug-likeness (QED) is 0.725. The molecule has 1 saturated heterocycles. The molecule has 1 aliphatic heterocycles. The summed E-state index contributed by atoms with van der Waals surface area (Å²) in [5.74, 6) is 0.823. The van der Waals surface area contributed by atoms with Gasteiger partial charge in [0.15, 0.2) is 0 Å². The first-order chi connectivity index (χ1) is 8.69. The molecule has 0 aromatic carbocycles. The molecular weight excluding hydrogens is 224 g/mol. The summed E-state index contributed by atoms with van der Waals surface area (Å²) in [6.07, 6.45) is 4.95. The van der Waals surface area contributed by atoms with E-state index in [9.17, 15) is 0 Å². The largest absolute Gasteiger partial charge is 0.381 e. The molecule has 3 nitrogen and oxygen atoms in total. The lowest BCUT2D eigenvalue weighted by molar-refractivity contribution is -0.0233. The Hall–Kier alpha value is -0.120. The normalized spacial score (nSPS) is 25.0. The molecule has 2 N–H and O–H groups in total. The first-order valence-corrected chi connectivity index (χ1v) is 7.69. The molecule has 0 aromatic rings. The lowest BCUT2D eigenvalue weighted by Crippen LogP contribution is -2.48. The van der Waals surface area contributed by atoms with Crippen molar-refractivity contribution in [3.05, 3.63) is 0 Å². The fraction of sp³-hybridized carbons (Fsp3) is 1.00. The minimum atomic E-state index is 0.209. The molecule has 0 radical (unpaired) electrons. The van der Waals surface area contributed by atoms with E-state index in [4.69, 9.17) is 10.5 Å². The first-order valence-electron chi connectivity index (χ1n) is 7.69. The molecular formula is C15H32N2O. The number of hydrogen-bond acceptors (Lipinski definition) is 3. The number of ether oxygens (including phenoxy) is 1. The van der Waals surface area contributed by atoms with Crippen molar-refractivity contribution >= 4 is 0 Å². The monoisotopic (exact) mass is 256 g/mol. The van der Waals surface area contributed by atoms with Crippen molar-refractivity contribution in [3.8, 4) is 0 Å². The average molecular weight is 256 g/mol. The maximum absolute atomic E-state index is 6.03. The summed E-state index contributed by atoms with van der Waals surface area (Å²) in [6.45, 7) is 12.8. The van der Waals surface area contributed by atoms with Crippen molar-refractivity contribution in [2.75, 3.05) is 39.4 Å². The third-order valence-corrected chi connectivity index (χ3v) is 4.51. The Bertz CT molecular complexity index is 211. The summed E-state index contributed by atoms with van der Waals surface area (Å²) in [5.41, 5.74) is 6.24. The Balaban J connectivity index is 2.53. The van der Waals surface area contributed by atoms with Gasteiger partial charge in [-0.25, -0.2) is 0 Å². The molecule has 0 bridgehead atoms. The van der Waals surface area contributed by atoms with E-state index in [1.807, 2.05) is 0 Å². The second-order valence-electron chi connectivity index (χ2n) is 5.87. The highest BCUT2D eigenvalue weighted by molar-refractivity contribution is 4.86. The average Bonchev–Trinajstić information content (AvgIpc) is 2.44. The van der Waals surface area contributed by atoms with Gasteiger partial charge in [0.2, 0.25) is 0 Å². The zero-order valence-corrected chi connectivity index (χ0v) is 12.6. The lowest BCUT2D eigenvalue weighted by Gasteiger charge is -2.40. The Morgan fingerprint density at radius 3 is 2.44 bits per heavy atom. The Labute approximate surface area is 113 Å². The van der Waals surface area contributed by atoms with E-state index in [1.165, 1.54) is 32.2 Å². The molecule has 1 fully saturated rings. The zero-order valence-electron chi connectivity index (χ0n) is 12.6. The number of nitrogens with zero attached hydrogens (tertiary/aromatic N) is 1. The highest BCUT2D eigenvalue weighted by atomic mass is 16.5. The molecule has 0 saturated carbocycles. The van der Waals surface area contributed by atoms with Crippen LogP contribution in [0.2, 0.25) is 0 Å². The molecule has 3 heteroatoms. The number of hydrogen-bond donors (Lipinski definition) is 1. The van der Waals surface area contributed by atoms with Crippen molar-refractivity contribution in [1.29, 1.82) is 0 Å². The van der Waals surface area contributed by atoms with Crippen LogP contribution < -0.4 is 5.73 Å². The smallest absolute Gasteiger partial charge is 0.0546 e. The van der Waals surface area contributed by atoms with Crippen molar-refractivity contribution in [2.45, 2.75) is 46.5 Å². The molecule has 1 rings (SSSR count). The predicted molar refractivity (Wildman–Crippen MR) is 77.7 cm³/mol. The number of rotatable bonds is 8. The van der Waals surface area contributed by atoms with E-state index in [0.29, 0.717) is 0 Å². The molecule has 0 aromatic heterocycles. The van der Waals surface area contributed by atoms with Gasteiger partial charge in [-0.1, -0.05) is 33.6 Å². The maximum Gasteiger partial charge on any atom is 0.0546 e. The second-order valence-corrected chi connectivity index (χ2v) is 5.87. The van der Waals surface area contributed by atoms with Gasteiger partial charge in [-0.3, -0.25) is 0 Å². The third-order valence-electron chi connectivity index (χ3n) is 4.51. The molecule has 0 spiro atoms. The van der Waals surface area contributed by atoms with Crippen LogP contribution in [0.25, 0.3) is 0 Å². The van der Waals surface area contributed by atoms with Crippen LogP contribution in [0.5, 0.6) is 0 Å². The number of nitrogens with two attached hydrogens (primary N) is 1. The Morgan fingerprint density at radius 1 is 1.28 bits per heavy atom. The summed E-state index contributed by atoms with van der Waals surface area (Å²) < 4.78 is 5.67. The second kappa shape index (κ2) is 8.13. The maximum atomic E-state index is 6.03. The highest BCUT2D eigenvalue weighted by Gasteiger charge is 2.33.